The molecule has 2 rings (SSSR count). The zero-order valence-electron chi connectivity index (χ0n) is 11.4. The third kappa shape index (κ3) is 2.72. The van der Waals surface area contributed by atoms with Crippen LogP contribution in [0.25, 0.3) is 10.9 Å². The third-order valence-corrected chi connectivity index (χ3v) is 3.28. The van der Waals surface area contributed by atoms with E-state index in [0.717, 1.165) is 22.9 Å². The highest BCUT2D eigenvalue weighted by molar-refractivity contribution is 5.94. The molecule has 1 aromatic carbocycles. The van der Waals surface area contributed by atoms with Gasteiger partial charge in [0.25, 0.3) is 0 Å². The lowest BCUT2D eigenvalue weighted by molar-refractivity contribution is -0.138. The van der Waals surface area contributed by atoms with Crippen LogP contribution in [0.3, 0.4) is 0 Å². The van der Waals surface area contributed by atoms with E-state index in [0.29, 0.717) is 6.42 Å². The first-order valence-electron chi connectivity index (χ1n) is 6.65. The molecule has 0 saturated heterocycles. The number of para-hydroxylation sites is 1. The van der Waals surface area contributed by atoms with Crippen molar-refractivity contribution in [1.29, 1.82) is 0 Å². The molecule has 0 aliphatic rings. The molecule has 0 aliphatic heterocycles. The molecule has 0 aliphatic carbocycles. The second-order valence-electron chi connectivity index (χ2n) is 4.83. The van der Waals surface area contributed by atoms with Crippen LogP contribution in [0.5, 0.6) is 0 Å². The normalized spacial score (nSPS) is 12.5. The molecule has 0 bridgehead atoms. The molecule has 0 saturated carbocycles. The first kappa shape index (κ1) is 14.3. The third-order valence-electron chi connectivity index (χ3n) is 3.28. The Morgan fingerprint density at radius 2 is 2.05 bits per heavy atom. The topological polar surface area (TPSA) is 85.3 Å². The van der Waals surface area contributed by atoms with Gasteiger partial charge in [0.15, 0.2) is 0 Å². The van der Waals surface area contributed by atoms with Crippen LogP contribution in [-0.4, -0.2) is 27.6 Å². The summed E-state index contributed by atoms with van der Waals surface area (Å²) in [6.07, 6.45) is 3.16. The minimum absolute atomic E-state index is 0.0128. The first-order chi connectivity index (χ1) is 9.54. The maximum atomic E-state index is 12.1. The van der Waals surface area contributed by atoms with Gasteiger partial charge in [0, 0.05) is 24.4 Å². The minimum Gasteiger partial charge on any atom is -0.480 e. The van der Waals surface area contributed by atoms with Crippen molar-refractivity contribution in [2.24, 2.45) is 5.73 Å². The van der Waals surface area contributed by atoms with E-state index in [1.54, 1.807) is 10.8 Å². The van der Waals surface area contributed by atoms with Crippen LogP contribution in [-0.2, 0) is 11.2 Å². The molecule has 1 atom stereocenters. The molecule has 0 radical (unpaired) electrons. The van der Waals surface area contributed by atoms with Gasteiger partial charge in [0.05, 0.1) is 5.52 Å². The van der Waals surface area contributed by atoms with Crippen molar-refractivity contribution in [3.05, 3.63) is 36.0 Å². The Morgan fingerprint density at radius 1 is 1.35 bits per heavy atom. The highest BCUT2D eigenvalue weighted by Gasteiger charge is 2.18. The Kier molecular flexibility index (Phi) is 4.20. The number of aromatic nitrogens is 1. The fraction of sp³-hybridized carbons (Fsp3) is 0.333. The summed E-state index contributed by atoms with van der Waals surface area (Å²) in [5.41, 5.74) is 7.19. The molecule has 5 nitrogen and oxygen atoms in total. The first-order valence-corrected chi connectivity index (χ1v) is 6.65. The Morgan fingerprint density at radius 3 is 2.70 bits per heavy atom. The van der Waals surface area contributed by atoms with Crippen LogP contribution in [0.15, 0.2) is 30.5 Å². The fourth-order valence-corrected chi connectivity index (χ4v) is 2.28. The van der Waals surface area contributed by atoms with Gasteiger partial charge in [-0.05, 0) is 18.1 Å². The highest BCUT2D eigenvalue weighted by atomic mass is 16.4. The number of nitrogens with two attached hydrogens (primary N) is 1. The molecular formula is C15H18N2O3. The number of carbonyl (C=O) groups is 2. The Bertz CT molecular complexity index is 646. The number of carboxylic acids is 1. The summed E-state index contributed by atoms with van der Waals surface area (Å²) in [6.45, 7) is 1.95. The number of fused-ring (bicyclic) bond motifs is 1. The number of hydrogen-bond acceptors (Lipinski definition) is 3. The van der Waals surface area contributed by atoms with Crippen molar-refractivity contribution in [3.8, 4) is 0 Å². The summed E-state index contributed by atoms with van der Waals surface area (Å²) in [5.74, 6) is -1.03. The standard InChI is InChI=1S/C15H18N2O3/c1-2-5-14(18)17-9-10(8-12(16)15(19)20)11-6-3-4-7-13(11)17/h3-4,6-7,9,12H,2,5,8,16H2,1H3,(H,19,20). The molecule has 106 valence electrons. The predicted octanol–water partition coefficient (Wildman–Crippen LogP) is 2.04. The second kappa shape index (κ2) is 5.88. The van der Waals surface area contributed by atoms with Crippen LogP contribution in [0.2, 0.25) is 0 Å². The molecule has 1 heterocycles. The van der Waals surface area contributed by atoms with E-state index >= 15 is 0 Å². The number of aliphatic carboxylic acids is 1. The number of carbonyl (C=O) groups excluding carboxylic acids is 1. The lowest BCUT2D eigenvalue weighted by Gasteiger charge is -2.04. The lowest BCUT2D eigenvalue weighted by Crippen LogP contribution is -2.32. The molecule has 5 heteroatoms. The van der Waals surface area contributed by atoms with Crippen LogP contribution >= 0.6 is 0 Å². The quantitative estimate of drug-likeness (QED) is 0.873. The summed E-state index contributed by atoms with van der Waals surface area (Å²) in [6, 6.07) is 6.51. The largest absolute Gasteiger partial charge is 0.480 e. The van der Waals surface area contributed by atoms with Crippen molar-refractivity contribution in [1.82, 2.24) is 4.57 Å². The van der Waals surface area contributed by atoms with E-state index in [2.05, 4.69) is 0 Å². The van der Waals surface area contributed by atoms with E-state index in [4.69, 9.17) is 10.8 Å². The van der Waals surface area contributed by atoms with Gasteiger partial charge in [-0.25, -0.2) is 0 Å². The molecule has 2 aromatic rings. The molecule has 1 unspecified atom stereocenters. The minimum atomic E-state index is -1.04. The zero-order chi connectivity index (χ0) is 14.7. The van der Waals surface area contributed by atoms with Crippen molar-refractivity contribution < 1.29 is 14.7 Å². The zero-order valence-corrected chi connectivity index (χ0v) is 11.4. The van der Waals surface area contributed by atoms with Crippen molar-refractivity contribution in [3.63, 3.8) is 0 Å². The predicted molar refractivity (Wildman–Crippen MR) is 76.8 cm³/mol. The van der Waals surface area contributed by atoms with Crippen LogP contribution < -0.4 is 5.73 Å². The van der Waals surface area contributed by atoms with E-state index in [1.165, 1.54) is 0 Å². The van der Waals surface area contributed by atoms with Gasteiger partial charge in [-0.3, -0.25) is 14.2 Å². The molecular weight excluding hydrogens is 256 g/mol. The van der Waals surface area contributed by atoms with E-state index < -0.39 is 12.0 Å². The van der Waals surface area contributed by atoms with Crippen LogP contribution in [0.4, 0.5) is 0 Å². The molecule has 0 amide bonds. The summed E-state index contributed by atoms with van der Waals surface area (Å²) in [5, 5.41) is 9.80. The van der Waals surface area contributed by atoms with Crippen LogP contribution in [0, 0.1) is 0 Å². The Labute approximate surface area is 117 Å². The summed E-state index contributed by atoms with van der Waals surface area (Å²) < 4.78 is 1.60. The monoisotopic (exact) mass is 274 g/mol. The number of nitrogens with zero attached hydrogens (tertiary/aromatic N) is 1. The number of benzene rings is 1. The van der Waals surface area contributed by atoms with Crippen molar-refractivity contribution in [2.45, 2.75) is 32.2 Å². The summed E-state index contributed by atoms with van der Waals surface area (Å²) in [7, 11) is 0. The van der Waals surface area contributed by atoms with Gasteiger partial charge in [-0.2, -0.15) is 0 Å². The van der Waals surface area contributed by atoms with Crippen LogP contribution in [0.1, 0.15) is 30.1 Å². The molecule has 0 spiro atoms. The maximum Gasteiger partial charge on any atom is 0.320 e. The second-order valence-corrected chi connectivity index (χ2v) is 4.83. The molecule has 1 aromatic heterocycles. The van der Waals surface area contributed by atoms with E-state index in [1.807, 2.05) is 31.2 Å². The van der Waals surface area contributed by atoms with Gasteiger partial charge < -0.3 is 10.8 Å². The van der Waals surface area contributed by atoms with Gasteiger partial charge in [-0.1, -0.05) is 25.1 Å². The van der Waals surface area contributed by atoms with Gasteiger partial charge in [0.1, 0.15) is 6.04 Å². The highest BCUT2D eigenvalue weighted by Crippen LogP contribution is 2.23. The fourth-order valence-electron chi connectivity index (χ4n) is 2.28. The number of carboxylic acid groups (broad SMARTS) is 1. The average Bonchev–Trinajstić information content (AvgIpc) is 2.78. The van der Waals surface area contributed by atoms with E-state index in [9.17, 15) is 9.59 Å². The van der Waals surface area contributed by atoms with Crippen molar-refractivity contribution >= 4 is 22.8 Å². The Balaban J connectivity index is 2.45. The number of hydrogen-bond donors (Lipinski definition) is 2. The van der Waals surface area contributed by atoms with E-state index in [-0.39, 0.29) is 12.3 Å². The van der Waals surface area contributed by atoms with Gasteiger partial charge in [-0.15, -0.1) is 0 Å². The van der Waals surface area contributed by atoms with Gasteiger partial charge in [0.2, 0.25) is 5.91 Å². The summed E-state index contributed by atoms with van der Waals surface area (Å²) >= 11 is 0. The lowest BCUT2D eigenvalue weighted by atomic mass is 10.1. The van der Waals surface area contributed by atoms with Gasteiger partial charge >= 0.3 is 5.97 Å². The van der Waals surface area contributed by atoms with Crippen molar-refractivity contribution in [2.75, 3.05) is 0 Å². The summed E-state index contributed by atoms with van der Waals surface area (Å²) in [4.78, 5) is 23.0. The molecule has 20 heavy (non-hydrogen) atoms. The molecule has 3 N–H and O–H groups in total. The maximum absolute atomic E-state index is 12.1. The number of rotatable bonds is 5. The molecule has 0 fully saturated rings. The average molecular weight is 274 g/mol. The smallest absolute Gasteiger partial charge is 0.320 e. The Hall–Kier alpha value is -2.14. The SMILES string of the molecule is CCCC(=O)n1cc(CC(N)C(=O)O)c2ccccc21.